The highest BCUT2D eigenvalue weighted by atomic mass is 16.5. The maximum atomic E-state index is 11.4. The van der Waals surface area contributed by atoms with Crippen LogP contribution in [0.4, 0.5) is 0 Å². The number of carbonyl (C=O) groups is 1. The highest BCUT2D eigenvalue weighted by Gasteiger charge is 2.24. The van der Waals surface area contributed by atoms with Crippen molar-refractivity contribution in [2.45, 2.75) is 12.8 Å². The minimum atomic E-state index is -0.0826. The summed E-state index contributed by atoms with van der Waals surface area (Å²) in [6.07, 6.45) is 3.29. The number of ether oxygens (including phenoxy) is 1. The number of nitrogens with zero attached hydrogens (tertiary/aromatic N) is 2. The van der Waals surface area contributed by atoms with Gasteiger partial charge in [-0.05, 0) is 12.8 Å². The van der Waals surface area contributed by atoms with E-state index < -0.39 is 0 Å². The number of hydrogen-bond donors (Lipinski definition) is 0. The monoisotopic (exact) mass is 168 g/mol. The molecule has 1 fully saturated rings. The van der Waals surface area contributed by atoms with Gasteiger partial charge in [0.2, 0.25) is 5.91 Å². The second-order valence-electron chi connectivity index (χ2n) is 2.88. The van der Waals surface area contributed by atoms with Gasteiger partial charge >= 0.3 is 0 Å². The molecule has 12 heavy (non-hydrogen) atoms. The van der Waals surface area contributed by atoms with Gasteiger partial charge < -0.3 is 4.74 Å². The zero-order valence-electron chi connectivity index (χ0n) is 7.12. The Kier molecular flexibility index (Phi) is 3.06. The average Bonchev–Trinajstić information content (AvgIpc) is 2.17. The molecular weight excluding hydrogens is 156 g/mol. The molecule has 0 unspecified atom stereocenters. The van der Waals surface area contributed by atoms with E-state index >= 15 is 0 Å². The molecule has 1 amide bonds. The summed E-state index contributed by atoms with van der Waals surface area (Å²) in [6.45, 7) is 1.27. The molecule has 0 aromatic carbocycles. The molecule has 0 saturated carbocycles. The third-order valence-electron chi connectivity index (χ3n) is 2.05. The van der Waals surface area contributed by atoms with Crippen molar-refractivity contribution < 1.29 is 9.53 Å². The standard InChI is InChI=1S/C8H12N2O2/c1-10(6-9)8(11)7-2-4-12-5-3-7/h7H,2-5H2,1H3. The van der Waals surface area contributed by atoms with Gasteiger partial charge in [-0.15, -0.1) is 0 Å². The van der Waals surface area contributed by atoms with Crippen LogP contribution in [0.3, 0.4) is 0 Å². The Morgan fingerprint density at radius 1 is 1.58 bits per heavy atom. The Morgan fingerprint density at radius 3 is 2.67 bits per heavy atom. The molecule has 66 valence electrons. The zero-order valence-corrected chi connectivity index (χ0v) is 7.12. The number of nitriles is 1. The third-order valence-corrected chi connectivity index (χ3v) is 2.05. The first-order chi connectivity index (χ1) is 5.75. The minimum absolute atomic E-state index is 0.0107. The third kappa shape index (κ3) is 1.95. The van der Waals surface area contributed by atoms with Crippen LogP contribution in [0.25, 0.3) is 0 Å². The molecule has 1 aliphatic rings. The number of hydrogen-bond acceptors (Lipinski definition) is 3. The lowest BCUT2D eigenvalue weighted by Crippen LogP contribution is -2.32. The maximum absolute atomic E-state index is 11.4. The van der Waals surface area contributed by atoms with Crippen LogP contribution < -0.4 is 0 Å². The molecule has 0 spiro atoms. The first-order valence-corrected chi connectivity index (χ1v) is 4.00. The zero-order chi connectivity index (χ0) is 8.97. The van der Waals surface area contributed by atoms with E-state index in [1.54, 1.807) is 6.19 Å². The van der Waals surface area contributed by atoms with E-state index in [-0.39, 0.29) is 11.8 Å². The van der Waals surface area contributed by atoms with Crippen LogP contribution in [0, 0.1) is 17.4 Å². The van der Waals surface area contributed by atoms with Gasteiger partial charge in [0.15, 0.2) is 6.19 Å². The summed E-state index contributed by atoms with van der Waals surface area (Å²) < 4.78 is 5.11. The highest BCUT2D eigenvalue weighted by Crippen LogP contribution is 2.16. The summed E-state index contributed by atoms with van der Waals surface area (Å²) in [5.74, 6) is -0.0933. The fourth-order valence-corrected chi connectivity index (χ4v) is 1.27. The fraction of sp³-hybridized carbons (Fsp3) is 0.750. The van der Waals surface area contributed by atoms with E-state index in [1.807, 2.05) is 0 Å². The minimum Gasteiger partial charge on any atom is -0.381 e. The quantitative estimate of drug-likeness (QED) is 0.419. The molecular formula is C8H12N2O2. The van der Waals surface area contributed by atoms with Crippen molar-refractivity contribution in [3.63, 3.8) is 0 Å². The summed E-state index contributed by atoms with van der Waals surface area (Å²) >= 11 is 0. The Bertz CT molecular complexity index is 204. The number of amides is 1. The summed E-state index contributed by atoms with van der Waals surface area (Å²) in [6, 6.07) is 0. The van der Waals surface area contributed by atoms with Crippen molar-refractivity contribution in [2.75, 3.05) is 20.3 Å². The first kappa shape index (κ1) is 9.01. The topological polar surface area (TPSA) is 53.3 Å². The Labute approximate surface area is 71.7 Å². The Hall–Kier alpha value is -1.08. The lowest BCUT2D eigenvalue weighted by molar-refractivity contribution is -0.134. The second kappa shape index (κ2) is 4.07. The van der Waals surface area contributed by atoms with Gasteiger partial charge in [-0.25, -0.2) is 0 Å². The molecule has 1 rings (SSSR count). The predicted octanol–water partition coefficient (Wildman–Crippen LogP) is 0.352. The smallest absolute Gasteiger partial charge is 0.238 e. The summed E-state index contributed by atoms with van der Waals surface area (Å²) in [7, 11) is 1.50. The van der Waals surface area contributed by atoms with Crippen LogP contribution in [0.15, 0.2) is 0 Å². The molecule has 1 heterocycles. The lowest BCUT2D eigenvalue weighted by Gasteiger charge is -2.22. The molecule has 1 saturated heterocycles. The summed E-state index contributed by atoms with van der Waals surface area (Å²) in [5, 5.41) is 8.46. The van der Waals surface area contributed by atoms with E-state index in [0.717, 1.165) is 17.7 Å². The van der Waals surface area contributed by atoms with Gasteiger partial charge in [-0.3, -0.25) is 9.69 Å². The molecule has 4 nitrogen and oxygen atoms in total. The largest absolute Gasteiger partial charge is 0.381 e. The van der Waals surface area contributed by atoms with Gasteiger partial charge in [0.05, 0.1) is 0 Å². The van der Waals surface area contributed by atoms with E-state index in [2.05, 4.69) is 0 Å². The molecule has 0 N–H and O–H groups in total. The van der Waals surface area contributed by atoms with E-state index in [1.165, 1.54) is 7.05 Å². The molecule has 4 heteroatoms. The fourth-order valence-electron chi connectivity index (χ4n) is 1.27. The van der Waals surface area contributed by atoms with Gasteiger partial charge in [-0.2, -0.15) is 5.26 Å². The van der Waals surface area contributed by atoms with Crippen LogP contribution in [0.2, 0.25) is 0 Å². The van der Waals surface area contributed by atoms with E-state index in [4.69, 9.17) is 10.00 Å². The molecule has 0 aromatic heterocycles. The van der Waals surface area contributed by atoms with Gasteiger partial charge in [0, 0.05) is 26.2 Å². The molecule has 0 bridgehead atoms. The van der Waals surface area contributed by atoms with Crippen LogP contribution in [0.5, 0.6) is 0 Å². The van der Waals surface area contributed by atoms with Crippen LogP contribution in [-0.4, -0.2) is 31.1 Å². The molecule has 0 radical (unpaired) electrons. The van der Waals surface area contributed by atoms with Gasteiger partial charge in [0.25, 0.3) is 0 Å². The molecule has 0 aromatic rings. The summed E-state index contributed by atoms with van der Waals surface area (Å²) in [5.41, 5.74) is 0. The van der Waals surface area contributed by atoms with E-state index in [0.29, 0.717) is 13.2 Å². The maximum Gasteiger partial charge on any atom is 0.238 e. The van der Waals surface area contributed by atoms with Crippen molar-refractivity contribution >= 4 is 5.91 Å². The summed E-state index contributed by atoms with van der Waals surface area (Å²) in [4.78, 5) is 12.5. The normalized spacial score (nSPS) is 18.3. The Morgan fingerprint density at radius 2 is 2.17 bits per heavy atom. The SMILES string of the molecule is CN(C#N)C(=O)C1CCOCC1. The van der Waals surface area contributed by atoms with E-state index in [9.17, 15) is 4.79 Å². The molecule has 0 atom stereocenters. The molecule has 1 aliphatic heterocycles. The van der Waals surface area contributed by atoms with Crippen molar-refractivity contribution in [3.05, 3.63) is 0 Å². The first-order valence-electron chi connectivity index (χ1n) is 4.00. The second-order valence-corrected chi connectivity index (χ2v) is 2.88. The van der Waals surface area contributed by atoms with Crippen LogP contribution >= 0.6 is 0 Å². The van der Waals surface area contributed by atoms with Crippen molar-refractivity contribution in [3.8, 4) is 6.19 Å². The van der Waals surface area contributed by atoms with Crippen LogP contribution in [0.1, 0.15) is 12.8 Å². The highest BCUT2D eigenvalue weighted by molar-refractivity contribution is 5.79. The van der Waals surface area contributed by atoms with Crippen molar-refractivity contribution in [2.24, 2.45) is 5.92 Å². The predicted molar refractivity (Wildman–Crippen MR) is 41.9 cm³/mol. The van der Waals surface area contributed by atoms with Gasteiger partial charge in [0.1, 0.15) is 0 Å². The van der Waals surface area contributed by atoms with Crippen molar-refractivity contribution in [1.82, 2.24) is 4.90 Å². The number of carbonyl (C=O) groups excluding carboxylic acids is 1. The van der Waals surface area contributed by atoms with Gasteiger partial charge in [-0.1, -0.05) is 0 Å². The lowest BCUT2D eigenvalue weighted by atomic mass is 9.99. The number of rotatable bonds is 1. The Balaban J connectivity index is 2.46. The molecule has 0 aliphatic carbocycles. The van der Waals surface area contributed by atoms with Crippen LogP contribution in [-0.2, 0) is 9.53 Å². The average molecular weight is 168 g/mol. The van der Waals surface area contributed by atoms with Crippen molar-refractivity contribution in [1.29, 1.82) is 5.26 Å².